The van der Waals surface area contributed by atoms with E-state index in [9.17, 15) is 59.7 Å². The van der Waals surface area contributed by atoms with Crippen molar-refractivity contribution in [2.45, 2.75) is 138 Å². The summed E-state index contributed by atoms with van der Waals surface area (Å²) >= 11 is 0. The third-order valence-electron chi connectivity index (χ3n) is 15.3. The molecule has 0 saturated carbocycles. The molecule has 9 atom stereocenters. The van der Waals surface area contributed by atoms with E-state index in [1.807, 2.05) is 13.8 Å². The fraction of sp³-hybridized carbons (Fsp3) is 0.644. The predicted molar refractivity (Wildman–Crippen MR) is 217 cm³/mol. The molecular formula is C45H56CoN6O12-4. The summed E-state index contributed by atoms with van der Waals surface area (Å²) in [4.78, 5) is 77.2. The second kappa shape index (κ2) is 18.4. The van der Waals surface area contributed by atoms with E-state index in [0.717, 1.165) is 0 Å². The summed E-state index contributed by atoms with van der Waals surface area (Å²) < 4.78 is 0. The van der Waals surface area contributed by atoms with Gasteiger partial charge in [-0.15, -0.1) is 0 Å². The molecular weight excluding hydrogens is 875 g/mol. The first-order valence-corrected chi connectivity index (χ1v) is 21.2. The molecule has 351 valence electrons. The molecule has 19 heteroatoms. The van der Waals surface area contributed by atoms with Crippen LogP contribution in [0, 0.1) is 56.2 Å². The van der Waals surface area contributed by atoms with E-state index in [2.05, 4.69) is 5.32 Å². The van der Waals surface area contributed by atoms with E-state index < -0.39 is 137 Å². The van der Waals surface area contributed by atoms with Crippen LogP contribution in [-0.2, 0) is 40.8 Å². The van der Waals surface area contributed by atoms with Crippen LogP contribution in [0.15, 0.2) is 49.3 Å². The number of fused-ring (bicyclic) bond motifs is 6. The monoisotopic (exact) mass is 931 g/mol. The Bertz CT molecular complexity index is 2230. The second-order valence-electron chi connectivity index (χ2n) is 19.4. The number of hydrogen-bond donors (Lipinski definition) is 4. The van der Waals surface area contributed by atoms with Gasteiger partial charge in [0.05, 0.1) is 18.0 Å². The molecule has 5 aliphatic rings. The molecule has 5 heterocycles. The van der Waals surface area contributed by atoms with Gasteiger partial charge in [-0.2, -0.15) is 0 Å². The van der Waals surface area contributed by atoms with Crippen molar-refractivity contribution >= 4 is 58.8 Å². The van der Waals surface area contributed by atoms with Gasteiger partial charge in [0.25, 0.3) is 0 Å². The third-order valence-corrected chi connectivity index (χ3v) is 15.3. The van der Waals surface area contributed by atoms with Gasteiger partial charge in [-0.25, -0.2) is 0 Å². The van der Waals surface area contributed by atoms with Gasteiger partial charge < -0.3 is 71.1 Å². The van der Waals surface area contributed by atoms with Crippen molar-refractivity contribution in [3.8, 4) is 0 Å². The van der Waals surface area contributed by atoms with Crippen molar-refractivity contribution in [2.75, 3.05) is 0 Å². The summed E-state index contributed by atoms with van der Waals surface area (Å²) in [6.45, 7) is 13.8. The molecule has 8 bridgehead atoms. The van der Waals surface area contributed by atoms with Crippen molar-refractivity contribution in [1.29, 1.82) is 10.8 Å². The molecule has 5 aliphatic heterocycles. The Balaban J connectivity index is 0.00000898. The Morgan fingerprint density at radius 3 is 1.75 bits per heavy atom. The second-order valence-corrected chi connectivity index (χ2v) is 19.4. The maximum Gasteiger partial charge on any atom is 2.00 e. The number of carboxylic acid groups (broad SMARTS) is 5. The molecule has 4 N–H and O–H groups in total. The molecule has 0 amide bonds. The van der Waals surface area contributed by atoms with Crippen LogP contribution in [0.5, 0.6) is 0 Å². The molecule has 0 unspecified atom stereocenters. The zero-order valence-corrected chi connectivity index (χ0v) is 38.4. The van der Waals surface area contributed by atoms with Crippen molar-refractivity contribution in [3.63, 3.8) is 0 Å². The van der Waals surface area contributed by atoms with E-state index in [4.69, 9.17) is 25.8 Å². The van der Waals surface area contributed by atoms with Crippen LogP contribution < -0.4 is 36.0 Å². The van der Waals surface area contributed by atoms with Gasteiger partial charge in [0, 0.05) is 103 Å². The minimum Gasteiger partial charge on any atom is -0.862 e. The van der Waals surface area contributed by atoms with E-state index in [1.54, 1.807) is 47.6 Å². The summed E-state index contributed by atoms with van der Waals surface area (Å²) in [5.41, 5.74) is -3.82. The number of carbonyl (C=O) groups excluding carboxylic acids is 4. The number of rotatable bonds is 18. The SMILES string of the molecule is CC1=C2N=C(C=C3NC(=C(C)C4=N[C@@](C)([C@@H]5N=C1[C@](C)(CCC(=O)[O-])[C@H]5CC(=O)O)[C@@](C)(CC(=N)[O-])[C@@H]4CCC(=O)[O-])[C@@](C)(CC(=N)[O-])[C@@H]3CCC(=O)[O-])C(C)(C)[C@@H]2CCC(=O)[O-].[Co+2]. The van der Waals surface area contributed by atoms with Crippen LogP contribution in [-0.4, -0.2) is 75.5 Å². The van der Waals surface area contributed by atoms with Crippen LogP contribution in [0.2, 0.25) is 0 Å². The predicted octanol–water partition coefficient (Wildman–Crippen LogP) is -0.916. The van der Waals surface area contributed by atoms with Gasteiger partial charge in [-0.1, -0.05) is 34.6 Å². The topological polar surface area (TPSA) is 341 Å². The van der Waals surface area contributed by atoms with Gasteiger partial charge in [-0.05, 0) is 114 Å². The number of hydrogen-bond acceptors (Lipinski definition) is 17. The van der Waals surface area contributed by atoms with Crippen molar-refractivity contribution in [3.05, 3.63) is 34.3 Å². The van der Waals surface area contributed by atoms with Gasteiger partial charge in [0.2, 0.25) is 0 Å². The quantitative estimate of drug-likeness (QED) is 0.0956. The molecule has 1 fully saturated rings. The molecule has 0 spiro atoms. The zero-order valence-electron chi connectivity index (χ0n) is 37.4. The molecule has 18 nitrogen and oxygen atoms in total. The Morgan fingerprint density at radius 1 is 0.734 bits per heavy atom. The Kier molecular flexibility index (Phi) is 14.8. The normalized spacial score (nSPS) is 32.5. The summed E-state index contributed by atoms with van der Waals surface area (Å²) in [5, 5.41) is 105. The summed E-state index contributed by atoms with van der Waals surface area (Å²) in [6, 6.07) is -1.16. The Labute approximate surface area is 382 Å². The van der Waals surface area contributed by atoms with Crippen LogP contribution in [0.4, 0.5) is 0 Å². The Hall–Kier alpha value is -5.17. The number of aliphatic carboxylic acids is 5. The average molecular weight is 932 g/mol. The molecule has 0 aromatic heterocycles. The van der Waals surface area contributed by atoms with E-state index >= 15 is 0 Å². The van der Waals surface area contributed by atoms with Crippen molar-refractivity contribution < 1.29 is 76.5 Å². The minimum atomic E-state index is -1.63. The van der Waals surface area contributed by atoms with Gasteiger partial charge in [-0.3, -0.25) is 19.8 Å². The molecule has 1 radical (unpaired) electrons. The number of nitrogens with zero attached hydrogens (tertiary/aromatic N) is 3. The molecule has 5 rings (SSSR count). The van der Waals surface area contributed by atoms with Crippen LogP contribution >= 0.6 is 0 Å². The van der Waals surface area contributed by atoms with Gasteiger partial charge in [0.15, 0.2) is 0 Å². The molecule has 0 aliphatic carbocycles. The smallest absolute Gasteiger partial charge is 0.862 e. The first-order valence-electron chi connectivity index (χ1n) is 21.2. The van der Waals surface area contributed by atoms with Crippen molar-refractivity contribution in [2.24, 2.45) is 60.3 Å². The number of allylic oxidation sites excluding steroid dienone is 6. The standard InChI is InChI=1S/C45H62N6O12.Co/c1-21-36-24(10-13-32(56)57)41(3,4)28(49-36)18-27-23(9-12-31(54)55)43(6,19-29(46)52)39(48-27)22(2)37-25(11-14-33(58)59)44(7,20-30(47)53)45(8,51-37)40-26(17-35(62)63)42(5,38(21)50-40)16-15-34(60)61;/h18,23-26,40,48H,9-17,19-20H2,1-8H3,(H2,46,52)(H2,47,53)(H,54,55)(H,56,57)(H,58,59)(H,60,61)(H,62,63);/q;+2/p-6/t23-,24-,25-,26+,40-,42-,43+,44+,45+;/m1./s1. The van der Waals surface area contributed by atoms with Crippen LogP contribution in [0.3, 0.4) is 0 Å². The van der Waals surface area contributed by atoms with Crippen molar-refractivity contribution in [1.82, 2.24) is 5.32 Å². The minimum absolute atomic E-state index is 0. The summed E-state index contributed by atoms with van der Waals surface area (Å²) in [5.74, 6) is -12.2. The Morgan fingerprint density at radius 2 is 1.25 bits per heavy atom. The van der Waals surface area contributed by atoms with Gasteiger partial charge >= 0.3 is 22.7 Å². The molecule has 0 aromatic carbocycles. The maximum atomic E-state index is 13.2. The van der Waals surface area contributed by atoms with Crippen LogP contribution in [0.25, 0.3) is 0 Å². The average Bonchev–Trinajstić information content (AvgIpc) is 3.75. The van der Waals surface area contributed by atoms with Crippen LogP contribution in [0.1, 0.15) is 126 Å². The van der Waals surface area contributed by atoms with E-state index in [0.29, 0.717) is 33.9 Å². The number of aliphatic imine (C=N–C) groups is 3. The fourth-order valence-corrected chi connectivity index (χ4v) is 11.8. The number of nitrogens with one attached hydrogen (secondary N) is 3. The maximum absolute atomic E-state index is 13.2. The first kappa shape index (κ1) is 51.5. The van der Waals surface area contributed by atoms with E-state index in [-0.39, 0.29) is 60.3 Å². The molecule has 0 aromatic rings. The number of carbonyl (C=O) groups is 5. The summed E-state index contributed by atoms with van der Waals surface area (Å²) in [6.07, 6.45) is -2.00. The van der Waals surface area contributed by atoms with E-state index in [1.165, 1.54) is 0 Å². The summed E-state index contributed by atoms with van der Waals surface area (Å²) in [7, 11) is 0. The fourth-order valence-electron chi connectivity index (χ4n) is 11.8. The number of carboxylic acids is 5. The van der Waals surface area contributed by atoms with Gasteiger partial charge in [0.1, 0.15) is 0 Å². The zero-order chi connectivity index (χ0) is 47.4. The molecule has 64 heavy (non-hydrogen) atoms. The molecule has 1 saturated heterocycles. The third kappa shape index (κ3) is 9.06. The first-order chi connectivity index (χ1) is 29.0. The largest absolute Gasteiger partial charge is 2.00 e.